The molecular weight excluding hydrogens is 240 g/mol. The van der Waals surface area contributed by atoms with Crippen molar-refractivity contribution in [1.82, 2.24) is 10.3 Å². The zero-order valence-electron chi connectivity index (χ0n) is 11.4. The Hall–Kier alpha value is -0.930. The Morgan fingerprint density at radius 1 is 1.33 bits per heavy atom. The highest BCUT2D eigenvalue weighted by Gasteiger charge is 2.13. The van der Waals surface area contributed by atoms with Crippen molar-refractivity contribution in [3.05, 3.63) is 29.3 Å². The molecule has 1 heterocycles. The summed E-state index contributed by atoms with van der Waals surface area (Å²) < 4.78 is 1.30. The first-order valence-corrected chi connectivity index (χ1v) is 7.56. The van der Waals surface area contributed by atoms with Crippen molar-refractivity contribution in [3.63, 3.8) is 0 Å². The van der Waals surface area contributed by atoms with Gasteiger partial charge in [0.2, 0.25) is 0 Å². The van der Waals surface area contributed by atoms with E-state index in [1.807, 2.05) is 11.3 Å². The molecular formula is C15H22N2S. The van der Waals surface area contributed by atoms with Gasteiger partial charge in [0, 0.05) is 12.5 Å². The summed E-state index contributed by atoms with van der Waals surface area (Å²) in [6.45, 7) is 4.58. The fraction of sp³-hybridized carbons (Fsp3) is 0.533. The van der Waals surface area contributed by atoms with E-state index in [2.05, 4.69) is 50.5 Å². The maximum atomic E-state index is 4.71. The Morgan fingerprint density at radius 3 is 2.78 bits per heavy atom. The number of aromatic nitrogens is 1. The number of nitrogens with zero attached hydrogens (tertiary/aromatic N) is 1. The molecule has 0 aliphatic heterocycles. The lowest BCUT2D eigenvalue weighted by Crippen LogP contribution is -2.29. The van der Waals surface area contributed by atoms with Crippen molar-refractivity contribution in [1.29, 1.82) is 0 Å². The summed E-state index contributed by atoms with van der Waals surface area (Å²) in [7, 11) is 2.06. The van der Waals surface area contributed by atoms with E-state index in [4.69, 9.17) is 4.98 Å². The SMILES string of the molecule is CCC(C)CC(Cc1nc2ccccc2s1)NC. The molecule has 0 saturated carbocycles. The molecule has 18 heavy (non-hydrogen) atoms. The number of nitrogens with one attached hydrogen (secondary N) is 1. The number of likely N-dealkylation sites (N-methyl/N-ethyl adjacent to an activating group) is 1. The first kappa shape index (κ1) is 13.5. The van der Waals surface area contributed by atoms with Crippen LogP contribution in [-0.2, 0) is 6.42 Å². The number of hydrogen-bond acceptors (Lipinski definition) is 3. The molecule has 2 atom stereocenters. The zero-order chi connectivity index (χ0) is 13.0. The van der Waals surface area contributed by atoms with Crippen molar-refractivity contribution in [3.8, 4) is 0 Å². The second-order valence-electron chi connectivity index (χ2n) is 5.01. The van der Waals surface area contributed by atoms with Gasteiger partial charge in [0.15, 0.2) is 0 Å². The molecule has 98 valence electrons. The van der Waals surface area contributed by atoms with Gasteiger partial charge < -0.3 is 5.32 Å². The standard InChI is InChI=1S/C15H22N2S/c1-4-11(2)9-12(16-3)10-15-17-13-7-5-6-8-14(13)18-15/h5-8,11-12,16H,4,9-10H2,1-3H3. The molecule has 0 radical (unpaired) electrons. The van der Waals surface area contributed by atoms with E-state index in [0.717, 1.165) is 17.9 Å². The Balaban J connectivity index is 2.06. The normalized spacial score (nSPS) is 14.8. The van der Waals surface area contributed by atoms with Crippen LogP contribution in [0.25, 0.3) is 10.2 Å². The first-order valence-electron chi connectivity index (χ1n) is 6.74. The van der Waals surface area contributed by atoms with Crippen LogP contribution >= 0.6 is 11.3 Å². The predicted octanol–water partition coefficient (Wildman–Crippen LogP) is 3.86. The van der Waals surface area contributed by atoms with E-state index in [0.29, 0.717) is 6.04 Å². The number of para-hydroxylation sites is 1. The quantitative estimate of drug-likeness (QED) is 0.855. The molecule has 0 amide bonds. The molecule has 1 N–H and O–H groups in total. The molecule has 2 aromatic rings. The Morgan fingerprint density at radius 2 is 2.11 bits per heavy atom. The van der Waals surface area contributed by atoms with Crippen LogP contribution in [0.3, 0.4) is 0 Å². The molecule has 2 unspecified atom stereocenters. The van der Waals surface area contributed by atoms with Gasteiger partial charge in [-0.05, 0) is 31.5 Å². The fourth-order valence-corrected chi connectivity index (χ4v) is 3.22. The van der Waals surface area contributed by atoms with Gasteiger partial charge in [-0.3, -0.25) is 0 Å². The van der Waals surface area contributed by atoms with Gasteiger partial charge in [0.05, 0.1) is 15.2 Å². The summed E-state index contributed by atoms with van der Waals surface area (Å²) in [4.78, 5) is 4.71. The Labute approximate surface area is 113 Å². The summed E-state index contributed by atoms with van der Waals surface area (Å²) in [5.74, 6) is 0.775. The van der Waals surface area contributed by atoms with Gasteiger partial charge in [0.1, 0.15) is 0 Å². The molecule has 2 rings (SSSR count). The third-order valence-electron chi connectivity index (χ3n) is 3.55. The molecule has 0 bridgehead atoms. The summed E-state index contributed by atoms with van der Waals surface area (Å²) in [5, 5.41) is 4.68. The number of rotatable bonds is 6. The summed E-state index contributed by atoms with van der Waals surface area (Å²) in [6.07, 6.45) is 3.52. The molecule has 0 aliphatic rings. The van der Waals surface area contributed by atoms with Crippen molar-refractivity contribution in [2.45, 2.75) is 39.2 Å². The highest BCUT2D eigenvalue weighted by atomic mass is 32.1. The van der Waals surface area contributed by atoms with E-state index in [-0.39, 0.29) is 0 Å². The molecule has 0 saturated heterocycles. The van der Waals surface area contributed by atoms with Gasteiger partial charge in [-0.2, -0.15) is 0 Å². The van der Waals surface area contributed by atoms with Crippen LogP contribution in [-0.4, -0.2) is 18.1 Å². The lowest BCUT2D eigenvalue weighted by Gasteiger charge is -2.18. The van der Waals surface area contributed by atoms with Crippen LogP contribution in [0.5, 0.6) is 0 Å². The molecule has 1 aromatic heterocycles. The maximum Gasteiger partial charge on any atom is 0.0954 e. The lowest BCUT2D eigenvalue weighted by atomic mass is 9.98. The molecule has 3 heteroatoms. The number of fused-ring (bicyclic) bond motifs is 1. The summed E-state index contributed by atoms with van der Waals surface area (Å²) >= 11 is 1.82. The Kier molecular flexibility index (Phi) is 4.72. The topological polar surface area (TPSA) is 24.9 Å². The number of hydrogen-bond donors (Lipinski definition) is 1. The smallest absolute Gasteiger partial charge is 0.0954 e. The minimum absolute atomic E-state index is 0.542. The van der Waals surface area contributed by atoms with E-state index in [9.17, 15) is 0 Å². The van der Waals surface area contributed by atoms with Crippen LogP contribution in [0.15, 0.2) is 24.3 Å². The predicted molar refractivity (Wildman–Crippen MR) is 80.2 cm³/mol. The first-order chi connectivity index (χ1) is 8.72. The van der Waals surface area contributed by atoms with Crippen molar-refractivity contribution in [2.75, 3.05) is 7.05 Å². The average molecular weight is 262 g/mol. The fourth-order valence-electron chi connectivity index (χ4n) is 2.17. The van der Waals surface area contributed by atoms with Gasteiger partial charge in [-0.1, -0.05) is 32.4 Å². The van der Waals surface area contributed by atoms with Gasteiger partial charge in [-0.15, -0.1) is 11.3 Å². The van der Waals surface area contributed by atoms with E-state index in [1.54, 1.807) is 0 Å². The third-order valence-corrected chi connectivity index (χ3v) is 4.61. The second-order valence-corrected chi connectivity index (χ2v) is 6.13. The largest absolute Gasteiger partial charge is 0.317 e. The van der Waals surface area contributed by atoms with Crippen molar-refractivity contribution < 1.29 is 0 Å². The number of thiazole rings is 1. The minimum atomic E-state index is 0.542. The minimum Gasteiger partial charge on any atom is -0.317 e. The maximum absolute atomic E-state index is 4.71. The second kappa shape index (κ2) is 6.30. The van der Waals surface area contributed by atoms with Gasteiger partial charge in [0.25, 0.3) is 0 Å². The van der Waals surface area contributed by atoms with Crippen molar-refractivity contribution >= 4 is 21.6 Å². The highest BCUT2D eigenvalue weighted by Crippen LogP contribution is 2.23. The van der Waals surface area contributed by atoms with Crippen LogP contribution in [0.4, 0.5) is 0 Å². The molecule has 2 nitrogen and oxygen atoms in total. The van der Waals surface area contributed by atoms with Crippen molar-refractivity contribution in [2.24, 2.45) is 5.92 Å². The van der Waals surface area contributed by atoms with Gasteiger partial charge in [-0.25, -0.2) is 4.98 Å². The molecule has 1 aromatic carbocycles. The lowest BCUT2D eigenvalue weighted by molar-refractivity contribution is 0.410. The molecule has 0 aliphatic carbocycles. The summed E-state index contributed by atoms with van der Waals surface area (Å²) in [6, 6.07) is 8.93. The van der Waals surface area contributed by atoms with Crippen LogP contribution in [0.1, 0.15) is 31.7 Å². The Bertz CT molecular complexity index is 459. The molecule has 0 spiro atoms. The highest BCUT2D eigenvalue weighted by molar-refractivity contribution is 7.18. The average Bonchev–Trinajstić information content (AvgIpc) is 2.79. The van der Waals surface area contributed by atoms with Crippen LogP contribution in [0, 0.1) is 5.92 Å². The van der Waals surface area contributed by atoms with Gasteiger partial charge >= 0.3 is 0 Å². The summed E-state index contributed by atoms with van der Waals surface area (Å²) in [5.41, 5.74) is 1.14. The molecule has 0 fully saturated rings. The van der Waals surface area contributed by atoms with E-state index < -0.39 is 0 Å². The monoisotopic (exact) mass is 262 g/mol. The van der Waals surface area contributed by atoms with Crippen LogP contribution in [0.2, 0.25) is 0 Å². The number of benzene rings is 1. The van der Waals surface area contributed by atoms with E-state index >= 15 is 0 Å². The zero-order valence-corrected chi connectivity index (χ0v) is 12.3. The van der Waals surface area contributed by atoms with Crippen LogP contribution < -0.4 is 5.32 Å². The third kappa shape index (κ3) is 3.30. The van der Waals surface area contributed by atoms with E-state index in [1.165, 1.54) is 22.5 Å².